The molecule has 6 nitrogen and oxygen atoms in total. The molecular weight excluding hydrogens is 472 g/mol. The minimum atomic E-state index is -0.749. The van der Waals surface area contributed by atoms with Crippen molar-refractivity contribution in [2.24, 2.45) is 0 Å². The number of morpholine rings is 1. The lowest BCUT2D eigenvalue weighted by molar-refractivity contribution is 0.0391. The highest BCUT2D eigenvalue weighted by Gasteiger charge is 2.24. The molecule has 1 fully saturated rings. The first kappa shape index (κ1) is 23.3. The summed E-state index contributed by atoms with van der Waals surface area (Å²) in [5.41, 5.74) is 0.461. The van der Waals surface area contributed by atoms with Crippen LogP contribution in [0.3, 0.4) is 0 Å². The van der Waals surface area contributed by atoms with Crippen molar-refractivity contribution in [2.75, 3.05) is 44.3 Å². The van der Waals surface area contributed by atoms with Gasteiger partial charge in [-0.2, -0.15) is 0 Å². The molecule has 5 rings (SSSR count). The van der Waals surface area contributed by atoms with Gasteiger partial charge >= 0.3 is 0 Å². The van der Waals surface area contributed by atoms with Gasteiger partial charge in [-0.05, 0) is 36.4 Å². The molecule has 0 bridgehead atoms. The van der Waals surface area contributed by atoms with Gasteiger partial charge in [-0.3, -0.25) is 14.6 Å². The van der Waals surface area contributed by atoms with Gasteiger partial charge in [-0.15, -0.1) is 0 Å². The Bertz CT molecular complexity index is 1330. The number of nitrogens with zero attached hydrogens (tertiary/aromatic N) is 3. The summed E-state index contributed by atoms with van der Waals surface area (Å²) in [5.74, 6) is -0.544. The van der Waals surface area contributed by atoms with E-state index in [2.05, 4.69) is 9.88 Å². The zero-order valence-electron chi connectivity index (χ0n) is 18.8. The minimum Gasteiger partial charge on any atom is -0.457 e. The summed E-state index contributed by atoms with van der Waals surface area (Å²) in [7, 11) is 0. The van der Waals surface area contributed by atoms with Crippen LogP contribution in [0.4, 0.5) is 13.9 Å². The van der Waals surface area contributed by atoms with Crippen LogP contribution in [0.2, 0.25) is 0 Å². The highest BCUT2D eigenvalue weighted by molar-refractivity contribution is 7.22. The fourth-order valence-electron chi connectivity index (χ4n) is 3.88. The van der Waals surface area contributed by atoms with Crippen molar-refractivity contribution >= 4 is 32.6 Å². The van der Waals surface area contributed by atoms with Crippen LogP contribution >= 0.6 is 11.3 Å². The van der Waals surface area contributed by atoms with E-state index in [1.54, 1.807) is 24.3 Å². The molecule has 0 spiro atoms. The maximum Gasteiger partial charge on any atom is 0.260 e. The van der Waals surface area contributed by atoms with Crippen molar-refractivity contribution in [3.05, 3.63) is 83.9 Å². The Morgan fingerprint density at radius 3 is 2.60 bits per heavy atom. The molecule has 0 atom stereocenters. The Morgan fingerprint density at radius 1 is 1.03 bits per heavy atom. The van der Waals surface area contributed by atoms with Gasteiger partial charge in [-0.25, -0.2) is 13.8 Å². The van der Waals surface area contributed by atoms with Gasteiger partial charge in [0.15, 0.2) is 10.9 Å². The van der Waals surface area contributed by atoms with E-state index in [-0.39, 0.29) is 11.4 Å². The zero-order chi connectivity index (χ0) is 24.2. The molecule has 0 N–H and O–H groups in total. The second-order valence-corrected chi connectivity index (χ2v) is 9.09. The molecule has 1 amide bonds. The number of carbonyl (C=O) groups excluding carboxylic acids is 1. The summed E-state index contributed by atoms with van der Waals surface area (Å²) in [6.45, 7) is 3.75. The molecule has 0 saturated carbocycles. The van der Waals surface area contributed by atoms with Crippen LogP contribution in [0, 0.1) is 11.6 Å². The van der Waals surface area contributed by atoms with Crippen LogP contribution in [0.1, 0.15) is 10.4 Å². The maximum absolute atomic E-state index is 14.3. The highest BCUT2D eigenvalue weighted by Crippen LogP contribution is 2.32. The number of hydrogen-bond donors (Lipinski definition) is 0. The molecule has 4 aromatic rings. The zero-order valence-corrected chi connectivity index (χ0v) is 19.6. The van der Waals surface area contributed by atoms with Crippen LogP contribution in [-0.2, 0) is 4.74 Å². The van der Waals surface area contributed by atoms with Gasteiger partial charge in [0.25, 0.3) is 5.91 Å². The van der Waals surface area contributed by atoms with Crippen LogP contribution in [0.25, 0.3) is 10.2 Å². The Labute approximate surface area is 205 Å². The fraction of sp³-hybridized carbons (Fsp3) is 0.231. The van der Waals surface area contributed by atoms with Crippen LogP contribution in [0.15, 0.2) is 66.7 Å². The van der Waals surface area contributed by atoms with Crippen LogP contribution in [0.5, 0.6) is 11.5 Å². The van der Waals surface area contributed by atoms with Crippen molar-refractivity contribution in [2.45, 2.75) is 0 Å². The third kappa shape index (κ3) is 5.48. The third-order valence-electron chi connectivity index (χ3n) is 5.68. The Balaban J connectivity index is 1.44. The Hall–Kier alpha value is -3.40. The van der Waals surface area contributed by atoms with Gasteiger partial charge in [-0.1, -0.05) is 35.6 Å². The topological polar surface area (TPSA) is 54.9 Å². The van der Waals surface area contributed by atoms with Crippen molar-refractivity contribution in [1.29, 1.82) is 0 Å². The van der Waals surface area contributed by atoms with E-state index in [1.807, 2.05) is 30.3 Å². The van der Waals surface area contributed by atoms with Gasteiger partial charge in [0.2, 0.25) is 0 Å². The number of aromatic nitrogens is 1. The molecule has 1 aliphatic rings. The lowest BCUT2D eigenvalue weighted by atomic mass is 10.2. The number of rotatable bonds is 7. The lowest BCUT2D eigenvalue weighted by Gasteiger charge is -2.29. The number of fused-ring (bicyclic) bond motifs is 1. The van der Waals surface area contributed by atoms with Crippen molar-refractivity contribution in [3.8, 4) is 11.5 Å². The van der Waals surface area contributed by atoms with Gasteiger partial charge in [0, 0.05) is 37.8 Å². The van der Waals surface area contributed by atoms with E-state index >= 15 is 0 Å². The van der Waals surface area contributed by atoms with Gasteiger partial charge in [0.1, 0.15) is 22.8 Å². The van der Waals surface area contributed by atoms with Crippen LogP contribution < -0.4 is 9.64 Å². The quantitative estimate of drug-likeness (QED) is 0.346. The largest absolute Gasteiger partial charge is 0.457 e. The van der Waals surface area contributed by atoms with E-state index in [9.17, 15) is 13.6 Å². The number of thiazole rings is 1. The molecule has 9 heteroatoms. The van der Waals surface area contributed by atoms with E-state index in [0.717, 1.165) is 30.5 Å². The second-order valence-electron chi connectivity index (χ2n) is 8.08. The summed E-state index contributed by atoms with van der Waals surface area (Å²) in [6, 6.07) is 18.2. The Morgan fingerprint density at radius 2 is 1.80 bits per heavy atom. The SMILES string of the molecule is O=C(c1cccc(Oc2ccccc2)c1)N(CCN1CCOCC1)c1nc2c(F)cc(F)cc2s1. The molecular formula is C26H23F2N3O3S. The van der Waals surface area contributed by atoms with E-state index in [0.29, 0.717) is 53.2 Å². The number of amides is 1. The van der Waals surface area contributed by atoms with E-state index in [4.69, 9.17) is 9.47 Å². The summed E-state index contributed by atoms with van der Waals surface area (Å²) < 4.78 is 39.8. The van der Waals surface area contributed by atoms with Gasteiger partial charge < -0.3 is 9.47 Å². The van der Waals surface area contributed by atoms with Crippen molar-refractivity contribution in [3.63, 3.8) is 0 Å². The Kier molecular flexibility index (Phi) is 6.98. The average molecular weight is 496 g/mol. The smallest absolute Gasteiger partial charge is 0.260 e. The molecule has 3 aromatic carbocycles. The molecule has 35 heavy (non-hydrogen) atoms. The molecule has 1 saturated heterocycles. The molecule has 0 unspecified atom stereocenters. The maximum atomic E-state index is 14.3. The van der Waals surface area contributed by atoms with Crippen molar-refractivity contribution in [1.82, 2.24) is 9.88 Å². The normalized spacial score (nSPS) is 14.2. The lowest BCUT2D eigenvalue weighted by Crippen LogP contribution is -2.43. The molecule has 1 aromatic heterocycles. The first-order valence-corrected chi connectivity index (χ1v) is 12.1. The number of halogens is 2. The van der Waals surface area contributed by atoms with E-state index < -0.39 is 11.6 Å². The molecule has 2 heterocycles. The molecule has 0 aliphatic carbocycles. The fourth-order valence-corrected chi connectivity index (χ4v) is 4.91. The summed E-state index contributed by atoms with van der Waals surface area (Å²) in [4.78, 5) is 21.8. The number of ether oxygens (including phenoxy) is 2. The molecule has 0 radical (unpaired) electrons. The molecule has 180 valence electrons. The summed E-state index contributed by atoms with van der Waals surface area (Å²) >= 11 is 1.09. The predicted octanol–water partition coefficient (Wildman–Crippen LogP) is 5.35. The minimum absolute atomic E-state index is 0.0525. The van der Waals surface area contributed by atoms with Crippen molar-refractivity contribution < 1.29 is 23.0 Å². The number of hydrogen-bond acceptors (Lipinski definition) is 6. The highest BCUT2D eigenvalue weighted by atomic mass is 32.1. The van der Waals surface area contributed by atoms with E-state index in [1.165, 1.54) is 11.0 Å². The van der Waals surface area contributed by atoms with Gasteiger partial charge in [0.05, 0.1) is 17.9 Å². The predicted molar refractivity (Wildman–Crippen MR) is 131 cm³/mol. The average Bonchev–Trinajstić information content (AvgIpc) is 3.29. The second kappa shape index (κ2) is 10.5. The van der Waals surface area contributed by atoms with Crippen LogP contribution in [-0.4, -0.2) is 55.2 Å². The standard InChI is InChI=1S/C26H23F2N3O3S/c27-19-16-22(28)24-23(17-19)35-26(29-24)31(10-9-30-11-13-33-14-12-30)25(32)18-5-4-8-21(15-18)34-20-6-2-1-3-7-20/h1-8,15-17H,9-14H2. The summed E-state index contributed by atoms with van der Waals surface area (Å²) in [5, 5.41) is 0.317. The first-order valence-electron chi connectivity index (χ1n) is 11.3. The number of benzene rings is 3. The number of anilines is 1. The first-order chi connectivity index (χ1) is 17.1. The summed E-state index contributed by atoms with van der Waals surface area (Å²) in [6.07, 6.45) is 0. The third-order valence-corrected chi connectivity index (χ3v) is 6.71. The number of carbonyl (C=O) groups is 1. The molecule has 1 aliphatic heterocycles. The number of para-hydroxylation sites is 1. The monoisotopic (exact) mass is 495 g/mol.